The van der Waals surface area contributed by atoms with Gasteiger partial charge in [0, 0.05) is 15.6 Å². The van der Waals surface area contributed by atoms with Gasteiger partial charge in [-0.1, -0.05) is 30.1 Å². The number of hydrogen-bond acceptors (Lipinski definition) is 2. The number of hydrogen-bond donors (Lipinski definition) is 1. The summed E-state index contributed by atoms with van der Waals surface area (Å²) in [4.78, 5) is 2.59. The Kier molecular flexibility index (Phi) is 5.36. The van der Waals surface area contributed by atoms with Gasteiger partial charge in [-0.15, -0.1) is 0 Å². The number of halogens is 2. The van der Waals surface area contributed by atoms with Crippen molar-refractivity contribution in [3.63, 3.8) is 0 Å². The molecular formula is C16H24Cl2N2. The molecule has 0 aliphatic carbocycles. The fraction of sp³-hybridized carbons (Fsp3) is 0.625. The molecule has 1 saturated heterocycles. The first kappa shape index (κ1) is 16.1. The molecule has 20 heavy (non-hydrogen) atoms. The number of likely N-dealkylation sites (tertiary alicyclic amines) is 1. The molecule has 1 aromatic carbocycles. The number of nitrogens with zero attached hydrogens (tertiary/aromatic N) is 1. The minimum absolute atomic E-state index is 0.0551. The quantitative estimate of drug-likeness (QED) is 0.859. The number of rotatable bonds is 5. The molecule has 4 heteroatoms. The van der Waals surface area contributed by atoms with Crippen LogP contribution in [0.25, 0.3) is 0 Å². The van der Waals surface area contributed by atoms with Crippen LogP contribution in [0, 0.1) is 0 Å². The van der Waals surface area contributed by atoms with Gasteiger partial charge in [0.15, 0.2) is 0 Å². The van der Waals surface area contributed by atoms with Crippen molar-refractivity contribution >= 4 is 23.2 Å². The van der Waals surface area contributed by atoms with Crippen molar-refractivity contribution in [1.29, 1.82) is 0 Å². The van der Waals surface area contributed by atoms with E-state index in [1.165, 1.54) is 25.9 Å². The third-order valence-corrected chi connectivity index (χ3v) is 5.30. The van der Waals surface area contributed by atoms with E-state index in [1.807, 2.05) is 25.2 Å². The van der Waals surface area contributed by atoms with Gasteiger partial charge in [0.05, 0.1) is 6.04 Å². The predicted octanol–water partition coefficient (Wildman–Crippen LogP) is 4.52. The summed E-state index contributed by atoms with van der Waals surface area (Å²) in [6.07, 6.45) is 3.64. The van der Waals surface area contributed by atoms with Gasteiger partial charge in [-0.3, -0.25) is 4.90 Å². The topological polar surface area (TPSA) is 15.3 Å². The summed E-state index contributed by atoms with van der Waals surface area (Å²) < 4.78 is 0. The normalized spacial score (nSPS) is 20.9. The minimum Gasteiger partial charge on any atom is -0.311 e. The average Bonchev–Trinajstić information content (AvgIpc) is 2.97. The van der Waals surface area contributed by atoms with Gasteiger partial charge in [-0.2, -0.15) is 0 Å². The van der Waals surface area contributed by atoms with Gasteiger partial charge >= 0.3 is 0 Å². The molecule has 0 aromatic heterocycles. The zero-order valence-corrected chi connectivity index (χ0v) is 14.1. The lowest BCUT2D eigenvalue weighted by Gasteiger charge is -2.45. The summed E-state index contributed by atoms with van der Waals surface area (Å²) in [6, 6.07) is 5.91. The van der Waals surface area contributed by atoms with Gasteiger partial charge in [0.2, 0.25) is 0 Å². The van der Waals surface area contributed by atoms with Gasteiger partial charge in [0.1, 0.15) is 0 Å². The van der Waals surface area contributed by atoms with Crippen molar-refractivity contribution in [3.8, 4) is 0 Å². The van der Waals surface area contributed by atoms with E-state index in [-0.39, 0.29) is 11.6 Å². The van der Waals surface area contributed by atoms with Crippen LogP contribution in [0.3, 0.4) is 0 Å². The van der Waals surface area contributed by atoms with Gasteiger partial charge in [0.25, 0.3) is 0 Å². The average molecular weight is 315 g/mol. The van der Waals surface area contributed by atoms with Crippen LogP contribution in [0.5, 0.6) is 0 Å². The van der Waals surface area contributed by atoms with Crippen LogP contribution in [0.4, 0.5) is 0 Å². The lowest BCUT2D eigenvalue weighted by Crippen LogP contribution is -2.52. The first-order valence-electron chi connectivity index (χ1n) is 7.40. The second-order valence-electron chi connectivity index (χ2n) is 5.79. The van der Waals surface area contributed by atoms with Crippen molar-refractivity contribution in [2.45, 2.75) is 44.7 Å². The summed E-state index contributed by atoms with van der Waals surface area (Å²) in [6.45, 7) is 6.92. The first-order chi connectivity index (χ1) is 9.52. The van der Waals surface area contributed by atoms with E-state index < -0.39 is 0 Å². The van der Waals surface area contributed by atoms with Crippen LogP contribution < -0.4 is 5.32 Å². The maximum Gasteiger partial charge on any atom is 0.0517 e. The Labute approximate surface area is 132 Å². The van der Waals surface area contributed by atoms with Crippen LogP contribution in [-0.4, -0.2) is 30.6 Å². The van der Waals surface area contributed by atoms with Gasteiger partial charge < -0.3 is 5.32 Å². The summed E-state index contributed by atoms with van der Waals surface area (Å²) in [5.74, 6) is 0. The Morgan fingerprint density at radius 1 is 1.30 bits per heavy atom. The summed E-state index contributed by atoms with van der Waals surface area (Å²) in [7, 11) is 2.01. The highest BCUT2D eigenvalue weighted by molar-refractivity contribution is 6.33. The molecule has 112 valence electrons. The predicted molar refractivity (Wildman–Crippen MR) is 87.8 cm³/mol. The first-order valence-corrected chi connectivity index (χ1v) is 8.15. The molecular weight excluding hydrogens is 291 g/mol. The molecule has 1 aliphatic heterocycles. The minimum atomic E-state index is 0.0551. The van der Waals surface area contributed by atoms with E-state index in [0.29, 0.717) is 0 Å². The number of benzene rings is 1. The molecule has 2 atom stereocenters. The Morgan fingerprint density at radius 3 is 2.50 bits per heavy atom. The Balaban J connectivity index is 2.40. The van der Waals surface area contributed by atoms with Crippen molar-refractivity contribution in [2.24, 2.45) is 0 Å². The van der Waals surface area contributed by atoms with Crippen LogP contribution in [0.2, 0.25) is 10.0 Å². The largest absolute Gasteiger partial charge is 0.311 e. The van der Waals surface area contributed by atoms with E-state index in [4.69, 9.17) is 23.2 Å². The molecule has 0 saturated carbocycles. The molecule has 0 bridgehead atoms. The Bertz CT molecular complexity index is 458. The van der Waals surface area contributed by atoms with Crippen molar-refractivity contribution < 1.29 is 0 Å². The molecule has 2 unspecified atom stereocenters. The molecule has 0 radical (unpaired) electrons. The highest BCUT2D eigenvalue weighted by atomic mass is 35.5. The maximum atomic E-state index is 6.42. The van der Waals surface area contributed by atoms with Crippen molar-refractivity contribution in [2.75, 3.05) is 20.1 Å². The smallest absolute Gasteiger partial charge is 0.0517 e. The number of nitrogens with one attached hydrogen (secondary N) is 1. The Morgan fingerprint density at radius 2 is 1.95 bits per heavy atom. The lowest BCUT2D eigenvalue weighted by atomic mass is 9.83. The number of likely N-dealkylation sites (N-methyl/N-ethyl adjacent to an activating group) is 1. The molecule has 2 nitrogen and oxygen atoms in total. The van der Waals surface area contributed by atoms with Crippen molar-refractivity contribution in [3.05, 3.63) is 33.8 Å². The fourth-order valence-electron chi connectivity index (χ4n) is 3.38. The van der Waals surface area contributed by atoms with E-state index >= 15 is 0 Å². The second-order valence-corrected chi connectivity index (χ2v) is 6.64. The van der Waals surface area contributed by atoms with Crippen LogP contribution in [-0.2, 0) is 0 Å². The second kappa shape index (κ2) is 6.65. The zero-order chi connectivity index (χ0) is 14.8. The van der Waals surface area contributed by atoms with E-state index in [0.717, 1.165) is 22.0 Å². The SMILES string of the molecule is CCC(C)(C(NC)c1cc(Cl)ccc1Cl)N1CCCC1. The van der Waals surface area contributed by atoms with Gasteiger partial charge in [-0.25, -0.2) is 0 Å². The van der Waals surface area contributed by atoms with E-state index in [2.05, 4.69) is 24.1 Å². The molecule has 1 aromatic rings. The summed E-state index contributed by atoms with van der Waals surface area (Å²) in [5.41, 5.74) is 1.15. The lowest BCUT2D eigenvalue weighted by molar-refractivity contribution is 0.0873. The molecule has 0 amide bonds. The monoisotopic (exact) mass is 314 g/mol. The Hall–Kier alpha value is -0.280. The summed E-state index contributed by atoms with van der Waals surface area (Å²) >= 11 is 12.6. The molecule has 1 aliphatic rings. The van der Waals surface area contributed by atoms with Crippen LogP contribution in [0.15, 0.2) is 18.2 Å². The highest BCUT2D eigenvalue weighted by Gasteiger charge is 2.40. The maximum absolute atomic E-state index is 6.42. The zero-order valence-electron chi connectivity index (χ0n) is 12.5. The summed E-state index contributed by atoms with van der Waals surface area (Å²) in [5, 5.41) is 5.00. The standard InChI is InChI=1S/C16H24Cl2N2/c1-4-16(2,20-9-5-6-10-20)15(19-3)13-11-12(17)7-8-14(13)18/h7-8,11,15,19H,4-6,9-10H2,1-3H3. The third-order valence-electron chi connectivity index (χ3n) is 4.72. The molecule has 0 spiro atoms. The molecule has 1 N–H and O–H groups in total. The molecule has 1 fully saturated rings. The third kappa shape index (κ3) is 2.99. The fourth-order valence-corrected chi connectivity index (χ4v) is 3.78. The highest BCUT2D eigenvalue weighted by Crippen LogP contribution is 2.39. The van der Waals surface area contributed by atoms with Crippen LogP contribution in [0.1, 0.15) is 44.7 Å². The van der Waals surface area contributed by atoms with E-state index in [1.54, 1.807) is 0 Å². The van der Waals surface area contributed by atoms with Crippen molar-refractivity contribution in [1.82, 2.24) is 10.2 Å². The van der Waals surface area contributed by atoms with E-state index in [9.17, 15) is 0 Å². The van der Waals surface area contributed by atoms with Crippen LogP contribution >= 0.6 is 23.2 Å². The van der Waals surface area contributed by atoms with Gasteiger partial charge in [-0.05, 0) is 70.1 Å². The molecule has 2 rings (SSSR count). The molecule has 1 heterocycles.